The van der Waals surface area contributed by atoms with Gasteiger partial charge in [0, 0.05) is 5.69 Å². The van der Waals surface area contributed by atoms with Gasteiger partial charge in [0.1, 0.15) is 5.76 Å². The molecule has 1 aromatic carbocycles. The summed E-state index contributed by atoms with van der Waals surface area (Å²) in [6.07, 6.45) is 0. The second kappa shape index (κ2) is 5.32. The number of aromatic nitrogens is 1. The highest BCUT2D eigenvalue weighted by Gasteiger charge is 2.09. The summed E-state index contributed by atoms with van der Waals surface area (Å²) in [5.41, 5.74) is 1.65. The Balaban J connectivity index is 2.08. The molecule has 5 nitrogen and oxygen atoms in total. The predicted molar refractivity (Wildman–Crippen MR) is 71.7 cm³/mol. The van der Waals surface area contributed by atoms with Crippen LogP contribution in [0, 0.1) is 13.8 Å². The molecule has 0 radical (unpaired) electrons. The van der Waals surface area contributed by atoms with Crippen molar-refractivity contribution in [3.05, 3.63) is 46.1 Å². The van der Waals surface area contributed by atoms with Crippen LogP contribution in [-0.2, 0) is 6.54 Å². The SMILES string of the molecule is Cc1nc(CNc2ccc(C(=O)O)c(Cl)c2)oc1C. The van der Waals surface area contributed by atoms with Gasteiger partial charge >= 0.3 is 5.97 Å². The second-order valence-electron chi connectivity index (χ2n) is 4.10. The summed E-state index contributed by atoms with van der Waals surface area (Å²) in [5, 5.41) is 12.1. The van der Waals surface area contributed by atoms with E-state index in [2.05, 4.69) is 10.3 Å². The zero-order valence-corrected chi connectivity index (χ0v) is 11.3. The van der Waals surface area contributed by atoms with Crippen molar-refractivity contribution in [2.45, 2.75) is 20.4 Å². The number of benzene rings is 1. The second-order valence-corrected chi connectivity index (χ2v) is 4.51. The Morgan fingerprint density at radius 2 is 2.21 bits per heavy atom. The summed E-state index contributed by atoms with van der Waals surface area (Å²) >= 11 is 5.88. The van der Waals surface area contributed by atoms with E-state index in [1.807, 2.05) is 13.8 Å². The van der Waals surface area contributed by atoms with E-state index in [1.54, 1.807) is 12.1 Å². The first-order chi connectivity index (χ1) is 8.97. The van der Waals surface area contributed by atoms with Gasteiger partial charge in [-0.2, -0.15) is 0 Å². The maximum absolute atomic E-state index is 10.8. The number of nitrogens with zero attached hydrogens (tertiary/aromatic N) is 1. The molecule has 0 spiro atoms. The van der Waals surface area contributed by atoms with Crippen molar-refractivity contribution in [1.29, 1.82) is 0 Å². The quantitative estimate of drug-likeness (QED) is 0.899. The van der Waals surface area contributed by atoms with Gasteiger partial charge in [-0.15, -0.1) is 0 Å². The molecule has 0 fully saturated rings. The Bertz CT molecular complexity index is 603. The van der Waals surface area contributed by atoms with Crippen LogP contribution in [0.4, 0.5) is 5.69 Å². The fraction of sp³-hybridized carbons (Fsp3) is 0.231. The lowest BCUT2D eigenvalue weighted by atomic mass is 10.2. The molecule has 0 atom stereocenters. The maximum Gasteiger partial charge on any atom is 0.337 e. The Morgan fingerprint density at radius 1 is 1.47 bits per heavy atom. The number of hydrogen-bond acceptors (Lipinski definition) is 4. The van der Waals surface area contributed by atoms with Gasteiger partial charge in [-0.25, -0.2) is 9.78 Å². The summed E-state index contributed by atoms with van der Waals surface area (Å²) in [6, 6.07) is 4.67. The Hall–Kier alpha value is -2.01. The van der Waals surface area contributed by atoms with Crippen LogP contribution < -0.4 is 5.32 Å². The number of aromatic carboxylic acids is 1. The van der Waals surface area contributed by atoms with Crippen LogP contribution in [0.2, 0.25) is 5.02 Å². The molecule has 0 unspecified atom stereocenters. The Labute approximate surface area is 115 Å². The zero-order chi connectivity index (χ0) is 14.0. The number of halogens is 1. The summed E-state index contributed by atoms with van der Waals surface area (Å²) in [7, 11) is 0. The standard InChI is InChI=1S/C13H13ClN2O3/c1-7-8(2)19-12(16-7)6-15-9-3-4-10(13(17)18)11(14)5-9/h3-5,15H,6H2,1-2H3,(H,17,18). The number of carboxylic acids is 1. The predicted octanol–water partition coefficient (Wildman–Crippen LogP) is 3.26. The van der Waals surface area contributed by atoms with E-state index in [4.69, 9.17) is 21.1 Å². The topological polar surface area (TPSA) is 75.4 Å². The zero-order valence-electron chi connectivity index (χ0n) is 10.5. The third-order valence-corrected chi connectivity index (χ3v) is 3.03. The lowest BCUT2D eigenvalue weighted by molar-refractivity contribution is 0.0697. The summed E-state index contributed by atoms with van der Waals surface area (Å²) in [4.78, 5) is 15.1. The van der Waals surface area contributed by atoms with Crippen LogP contribution in [0.5, 0.6) is 0 Å². The number of oxazole rings is 1. The minimum Gasteiger partial charge on any atom is -0.478 e. The lowest BCUT2D eigenvalue weighted by Crippen LogP contribution is -2.02. The molecule has 19 heavy (non-hydrogen) atoms. The Kier molecular flexibility index (Phi) is 3.76. The first-order valence-corrected chi connectivity index (χ1v) is 6.05. The number of rotatable bonds is 4. The minimum absolute atomic E-state index is 0.0787. The number of carbonyl (C=O) groups is 1. The highest BCUT2D eigenvalue weighted by atomic mass is 35.5. The summed E-state index contributed by atoms with van der Waals surface area (Å²) in [5.74, 6) is 0.319. The van der Waals surface area contributed by atoms with Crippen LogP contribution in [0.1, 0.15) is 27.7 Å². The Morgan fingerprint density at radius 3 is 2.74 bits per heavy atom. The third kappa shape index (κ3) is 3.06. The molecule has 6 heteroatoms. The molecular formula is C13H13ClN2O3. The third-order valence-electron chi connectivity index (χ3n) is 2.72. The molecule has 2 N–H and O–H groups in total. The van der Waals surface area contributed by atoms with Crippen molar-refractivity contribution in [2.24, 2.45) is 0 Å². The molecule has 100 valence electrons. The fourth-order valence-electron chi connectivity index (χ4n) is 1.59. The first-order valence-electron chi connectivity index (χ1n) is 5.67. The van der Waals surface area contributed by atoms with E-state index < -0.39 is 5.97 Å². The van der Waals surface area contributed by atoms with Crippen molar-refractivity contribution < 1.29 is 14.3 Å². The number of hydrogen-bond donors (Lipinski definition) is 2. The van der Waals surface area contributed by atoms with E-state index in [0.717, 1.165) is 11.5 Å². The van der Waals surface area contributed by atoms with E-state index in [9.17, 15) is 4.79 Å². The van der Waals surface area contributed by atoms with Crippen molar-refractivity contribution in [1.82, 2.24) is 4.98 Å². The maximum atomic E-state index is 10.8. The largest absolute Gasteiger partial charge is 0.478 e. The average Bonchev–Trinajstić information content (AvgIpc) is 2.66. The van der Waals surface area contributed by atoms with Crippen molar-refractivity contribution in [3.63, 3.8) is 0 Å². The monoisotopic (exact) mass is 280 g/mol. The molecule has 0 saturated carbocycles. The van der Waals surface area contributed by atoms with E-state index >= 15 is 0 Å². The summed E-state index contributed by atoms with van der Waals surface area (Å²) in [6.45, 7) is 4.14. The average molecular weight is 281 g/mol. The van der Waals surface area contributed by atoms with Gasteiger partial charge in [0.05, 0.1) is 22.8 Å². The van der Waals surface area contributed by atoms with Gasteiger partial charge in [-0.05, 0) is 32.0 Å². The number of anilines is 1. The number of aryl methyl sites for hydroxylation is 2. The van der Waals surface area contributed by atoms with Crippen LogP contribution in [0.15, 0.2) is 22.6 Å². The minimum atomic E-state index is -1.05. The molecule has 0 aliphatic rings. The normalized spacial score (nSPS) is 10.5. The van der Waals surface area contributed by atoms with E-state index in [-0.39, 0.29) is 10.6 Å². The molecule has 2 aromatic rings. The molecule has 0 aliphatic heterocycles. The number of carboxylic acid groups (broad SMARTS) is 1. The molecule has 0 aliphatic carbocycles. The van der Waals surface area contributed by atoms with Crippen LogP contribution in [0.3, 0.4) is 0 Å². The molecule has 0 bridgehead atoms. The van der Waals surface area contributed by atoms with E-state index in [1.165, 1.54) is 6.07 Å². The number of nitrogens with one attached hydrogen (secondary N) is 1. The molecule has 0 saturated heterocycles. The van der Waals surface area contributed by atoms with Crippen LogP contribution >= 0.6 is 11.6 Å². The first kappa shape index (κ1) is 13.4. The molecular weight excluding hydrogens is 268 g/mol. The molecule has 2 rings (SSSR count). The van der Waals surface area contributed by atoms with Crippen molar-refractivity contribution in [2.75, 3.05) is 5.32 Å². The van der Waals surface area contributed by atoms with Gasteiger partial charge in [-0.3, -0.25) is 0 Å². The lowest BCUT2D eigenvalue weighted by Gasteiger charge is -2.05. The van der Waals surface area contributed by atoms with Gasteiger partial charge in [-0.1, -0.05) is 11.6 Å². The van der Waals surface area contributed by atoms with E-state index in [0.29, 0.717) is 18.1 Å². The van der Waals surface area contributed by atoms with Crippen LogP contribution in [0.25, 0.3) is 0 Å². The van der Waals surface area contributed by atoms with Gasteiger partial charge in [0.2, 0.25) is 5.89 Å². The van der Waals surface area contributed by atoms with Crippen LogP contribution in [-0.4, -0.2) is 16.1 Å². The molecule has 0 amide bonds. The van der Waals surface area contributed by atoms with Gasteiger partial charge in [0.25, 0.3) is 0 Å². The fourth-order valence-corrected chi connectivity index (χ4v) is 1.85. The summed E-state index contributed by atoms with van der Waals surface area (Å²) < 4.78 is 5.43. The van der Waals surface area contributed by atoms with Gasteiger partial charge < -0.3 is 14.8 Å². The molecule has 1 heterocycles. The van der Waals surface area contributed by atoms with Gasteiger partial charge in [0.15, 0.2) is 0 Å². The smallest absolute Gasteiger partial charge is 0.337 e. The van der Waals surface area contributed by atoms with Crippen molar-refractivity contribution in [3.8, 4) is 0 Å². The highest BCUT2D eigenvalue weighted by molar-refractivity contribution is 6.33. The highest BCUT2D eigenvalue weighted by Crippen LogP contribution is 2.21. The van der Waals surface area contributed by atoms with Crippen molar-refractivity contribution >= 4 is 23.3 Å². The molecule has 1 aromatic heterocycles.